The summed E-state index contributed by atoms with van der Waals surface area (Å²) in [5, 5.41) is 7.17. The van der Waals surface area contributed by atoms with Gasteiger partial charge in [-0.3, -0.25) is 9.48 Å². The van der Waals surface area contributed by atoms with E-state index in [0.29, 0.717) is 18.8 Å². The van der Waals surface area contributed by atoms with Crippen LogP contribution in [0.5, 0.6) is 0 Å². The maximum Gasteiger partial charge on any atom is 0.227 e. The van der Waals surface area contributed by atoms with Crippen molar-refractivity contribution < 1.29 is 4.79 Å². The molecule has 1 N–H and O–H groups in total. The van der Waals surface area contributed by atoms with Crippen LogP contribution in [0.4, 0.5) is 5.82 Å². The molecule has 5 nitrogen and oxygen atoms in total. The van der Waals surface area contributed by atoms with E-state index in [-0.39, 0.29) is 5.91 Å². The number of carbonyl (C=O) groups is 1. The van der Waals surface area contributed by atoms with Crippen LogP contribution in [0.25, 0.3) is 0 Å². The van der Waals surface area contributed by atoms with Gasteiger partial charge in [0.15, 0.2) is 0 Å². The first kappa shape index (κ1) is 14.7. The molecule has 0 bridgehead atoms. The highest BCUT2D eigenvalue weighted by Crippen LogP contribution is 2.19. The Bertz CT molecular complexity index is 636. The van der Waals surface area contributed by atoms with E-state index >= 15 is 0 Å². The summed E-state index contributed by atoms with van der Waals surface area (Å²) in [4.78, 5) is 16.0. The van der Waals surface area contributed by atoms with Gasteiger partial charge in [-0.2, -0.15) is 5.10 Å². The molecule has 20 heavy (non-hydrogen) atoms. The van der Waals surface area contributed by atoms with Crippen LogP contribution < -0.4 is 5.32 Å². The second-order valence-electron chi connectivity index (χ2n) is 4.72. The molecule has 2 aromatic heterocycles. The summed E-state index contributed by atoms with van der Waals surface area (Å²) in [7, 11) is 0. The van der Waals surface area contributed by atoms with Crippen LogP contribution in [0.15, 0.2) is 22.8 Å². The van der Waals surface area contributed by atoms with Gasteiger partial charge in [0, 0.05) is 18.3 Å². The first-order chi connectivity index (χ1) is 9.47. The third kappa shape index (κ3) is 3.45. The molecular weight excluding hydrogens is 320 g/mol. The number of amides is 1. The molecule has 1 amide bonds. The van der Waals surface area contributed by atoms with Crippen LogP contribution in [0, 0.1) is 20.8 Å². The number of nitrogens with zero attached hydrogens (tertiary/aromatic N) is 3. The Labute approximate surface area is 126 Å². The lowest BCUT2D eigenvalue weighted by Crippen LogP contribution is -2.16. The van der Waals surface area contributed by atoms with Crippen molar-refractivity contribution in [1.82, 2.24) is 14.8 Å². The molecule has 0 aliphatic carbocycles. The Morgan fingerprint density at radius 3 is 2.75 bits per heavy atom. The average molecular weight is 337 g/mol. The Kier molecular flexibility index (Phi) is 4.54. The summed E-state index contributed by atoms with van der Waals surface area (Å²) < 4.78 is 2.83. The first-order valence-electron chi connectivity index (χ1n) is 6.39. The molecule has 0 spiro atoms. The minimum Gasteiger partial charge on any atom is -0.311 e. The lowest BCUT2D eigenvalue weighted by Gasteiger charge is -2.06. The predicted octanol–water partition coefficient (Wildman–Crippen LogP) is 2.99. The maximum atomic E-state index is 11.9. The van der Waals surface area contributed by atoms with Crippen molar-refractivity contribution in [3.05, 3.63) is 39.8 Å². The summed E-state index contributed by atoms with van der Waals surface area (Å²) in [6.07, 6.45) is 2.05. The third-order valence-corrected chi connectivity index (χ3v) is 4.17. The Morgan fingerprint density at radius 1 is 1.40 bits per heavy atom. The molecular formula is C14H17BrN4O. The predicted molar refractivity (Wildman–Crippen MR) is 81.6 cm³/mol. The van der Waals surface area contributed by atoms with E-state index in [1.807, 2.05) is 37.6 Å². The van der Waals surface area contributed by atoms with E-state index in [9.17, 15) is 4.79 Å². The van der Waals surface area contributed by atoms with E-state index in [2.05, 4.69) is 31.3 Å². The standard InChI is InChI=1S/C14H17BrN4O/c1-9-4-6-16-12(8-9)17-13(20)5-7-19-11(3)14(15)10(2)18-19/h4,6,8H,5,7H2,1-3H3,(H,16,17,20). The number of anilines is 1. The molecule has 0 saturated carbocycles. The highest BCUT2D eigenvalue weighted by molar-refractivity contribution is 9.10. The molecule has 0 aromatic carbocycles. The SMILES string of the molecule is Cc1ccnc(NC(=O)CCn2nc(C)c(Br)c2C)c1. The number of halogens is 1. The van der Waals surface area contributed by atoms with E-state index in [1.54, 1.807) is 6.20 Å². The number of rotatable bonds is 4. The van der Waals surface area contributed by atoms with Crippen molar-refractivity contribution >= 4 is 27.7 Å². The van der Waals surface area contributed by atoms with Crippen LogP contribution in [-0.4, -0.2) is 20.7 Å². The largest absolute Gasteiger partial charge is 0.311 e. The van der Waals surface area contributed by atoms with Crippen molar-refractivity contribution in [2.45, 2.75) is 33.7 Å². The Morgan fingerprint density at radius 2 is 2.15 bits per heavy atom. The number of hydrogen-bond acceptors (Lipinski definition) is 3. The van der Waals surface area contributed by atoms with Crippen molar-refractivity contribution in [2.24, 2.45) is 0 Å². The van der Waals surface area contributed by atoms with Crippen LogP contribution in [0.1, 0.15) is 23.4 Å². The summed E-state index contributed by atoms with van der Waals surface area (Å²) >= 11 is 3.47. The normalized spacial score (nSPS) is 10.6. The van der Waals surface area contributed by atoms with Gasteiger partial charge < -0.3 is 5.32 Å². The Balaban J connectivity index is 1.94. The van der Waals surface area contributed by atoms with Gasteiger partial charge in [-0.05, 0) is 54.4 Å². The fourth-order valence-corrected chi connectivity index (χ4v) is 2.19. The summed E-state index contributed by atoms with van der Waals surface area (Å²) in [6.45, 7) is 6.43. The van der Waals surface area contributed by atoms with Gasteiger partial charge >= 0.3 is 0 Å². The molecule has 0 aliphatic heterocycles. The van der Waals surface area contributed by atoms with Crippen molar-refractivity contribution in [2.75, 3.05) is 5.32 Å². The van der Waals surface area contributed by atoms with Crippen LogP contribution in [0.2, 0.25) is 0 Å². The van der Waals surface area contributed by atoms with E-state index in [1.165, 1.54) is 0 Å². The van der Waals surface area contributed by atoms with Gasteiger partial charge in [0.2, 0.25) is 5.91 Å². The minimum absolute atomic E-state index is 0.0632. The second kappa shape index (κ2) is 6.17. The van der Waals surface area contributed by atoms with Gasteiger partial charge in [-0.25, -0.2) is 4.98 Å². The first-order valence-corrected chi connectivity index (χ1v) is 7.18. The average Bonchev–Trinajstić information content (AvgIpc) is 2.64. The van der Waals surface area contributed by atoms with Crippen molar-refractivity contribution in [1.29, 1.82) is 0 Å². The van der Waals surface area contributed by atoms with Gasteiger partial charge in [0.05, 0.1) is 16.7 Å². The highest BCUT2D eigenvalue weighted by atomic mass is 79.9. The summed E-state index contributed by atoms with van der Waals surface area (Å²) in [6, 6.07) is 3.74. The summed E-state index contributed by atoms with van der Waals surface area (Å²) in [5.74, 6) is 0.524. The fraction of sp³-hybridized carbons (Fsp3) is 0.357. The quantitative estimate of drug-likeness (QED) is 0.933. The zero-order valence-electron chi connectivity index (χ0n) is 11.8. The number of pyridine rings is 1. The fourth-order valence-electron chi connectivity index (χ4n) is 1.91. The molecule has 2 rings (SSSR count). The minimum atomic E-state index is -0.0632. The van der Waals surface area contributed by atoms with Crippen molar-refractivity contribution in [3.63, 3.8) is 0 Å². The molecule has 106 valence electrons. The number of aromatic nitrogens is 3. The maximum absolute atomic E-state index is 11.9. The van der Waals surface area contributed by atoms with E-state index in [0.717, 1.165) is 21.4 Å². The van der Waals surface area contributed by atoms with Gasteiger partial charge in [-0.1, -0.05) is 0 Å². The van der Waals surface area contributed by atoms with E-state index in [4.69, 9.17) is 0 Å². The van der Waals surface area contributed by atoms with Gasteiger partial charge in [0.25, 0.3) is 0 Å². The van der Waals surface area contributed by atoms with Crippen LogP contribution >= 0.6 is 15.9 Å². The topological polar surface area (TPSA) is 59.8 Å². The molecule has 0 atom stereocenters. The second-order valence-corrected chi connectivity index (χ2v) is 5.52. The van der Waals surface area contributed by atoms with Crippen LogP contribution in [0.3, 0.4) is 0 Å². The Hall–Kier alpha value is -1.69. The zero-order chi connectivity index (χ0) is 14.7. The molecule has 2 aromatic rings. The summed E-state index contributed by atoms with van der Waals surface area (Å²) in [5.41, 5.74) is 3.03. The number of carbonyl (C=O) groups excluding carboxylic acids is 1. The molecule has 6 heteroatoms. The zero-order valence-corrected chi connectivity index (χ0v) is 13.4. The van der Waals surface area contributed by atoms with Gasteiger partial charge in [-0.15, -0.1) is 0 Å². The number of aryl methyl sites for hydroxylation is 3. The smallest absolute Gasteiger partial charge is 0.227 e. The third-order valence-electron chi connectivity index (χ3n) is 3.03. The molecule has 0 unspecified atom stereocenters. The lowest BCUT2D eigenvalue weighted by atomic mass is 10.3. The molecule has 0 aliphatic rings. The number of nitrogens with one attached hydrogen (secondary N) is 1. The van der Waals surface area contributed by atoms with Crippen molar-refractivity contribution in [3.8, 4) is 0 Å². The molecule has 0 fully saturated rings. The molecule has 0 radical (unpaired) electrons. The lowest BCUT2D eigenvalue weighted by molar-refractivity contribution is -0.116. The molecule has 0 saturated heterocycles. The number of hydrogen-bond donors (Lipinski definition) is 1. The monoisotopic (exact) mass is 336 g/mol. The van der Waals surface area contributed by atoms with Gasteiger partial charge in [0.1, 0.15) is 5.82 Å². The van der Waals surface area contributed by atoms with E-state index < -0.39 is 0 Å². The molecule has 2 heterocycles. The van der Waals surface area contributed by atoms with Crippen LogP contribution in [-0.2, 0) is 11.3 Å². The highest BCUT2D eigenvalue weighted by Gasteiger charge is 2.10.